The van der Waals surface area contributed by atoms with Crippen LogP contribution in [-0.2, 0) is 16.6 Å². The third-order valence-corrected chi connectivity index (χ3v) is 8.76. The molecule has 7 nitrogen and oxygen atoms in total. The van der Waals surface area contributed by atoms with Crippen molar-refractivity contribution in [2.24, 2.45) is 11.8 Å². The first-order valence-electron chi connectivity index (χ1n) is 11.8. The number of hydrogen-bond donors (Lipinski definition) is 3. The minimum absolute atomic E-state index is 0.0540. The lowest BCUT2D eigenvalue weighted by atomic mass is 9.51. The zero-order chi connectivity index (χ0) is 21.5. The molecule has 3 aliphatic carbocycles. The number of phenols is 1. The Balaban J connectivity index is 1.46. The Morgan fingerprint density at radius 1 is 1.39 bits per heavy atom. The number of aliphatic carboxylic acids is 1. The number of methoxy groups -OCH3 is 1. The van der Waals surface area contributed by atoms with Gasteiger partial charge in [0.15, 0.2) is 11.5 Å². The number of rotatable bonds is 6. The van der Waals surface area contributed by atoms with E-state index in [1.165, 1.54) is 24.9 Å². The minimum atomic E-state index is -0.846. The molecule has 2 saturated carbocycles. The van der Waals surface area contributed by atoms with E-state index in [0.29, 0.717) is 17.7 Å². The second kappa shape index (κ2) is 6.75. The summed E-state index contributed by atoms with van der Waals surface area (Å²) in [6.07, 6.45) is 6.40. The zero-order valence-electron chi connectivity index (χ0n) is 18.3. The third kappa shape index (κ3) is 2.68. The maximum Gasteiger partial charge on any atom is 0.320 e. The van der Waals surface area contributed by atoms with Gasteiger partial charge in [0.2, 0.25) is 0 Å². The molecule has 1 aromatic carbocycles. The number of carboxylic acids is 1. The fourth-order valence-corrected chi connectivity index (χ4v) is 7.28. The van der Waals surface area contributed by atoms with E-state index in [1.54, 1.807) is 20.1 Å². The number of piperidine rings is 1. The fourth-order valence-electron chi connectivity index (χ4n) is 7.28. The van der Waals surface area contributed by atoms with Crippen LogP contribution in [0.15, 0.2) is 6.07 Å². The summed E-state index contributed by atoms with van der Waals surface area (Å²) in [6.45, 7) is 3.92. The van der Waals surface area contributed by atoms with Crippen molar-refractivity contribution >= 4 is 5.97 Å². The summed E-state index contributed by atoms with van der Waals surface area (Å²) in [6, 6.07) is 1.46. The zero-order valence-corrected chi connectivity index (χ0v) is 18.3. The van der Waals surface area contributed by atoms with Crippen LogP contribution >= 0.6 is 0 Å². The summed E-state index contributed by atoms with van der Waals surface area (Å²) in [5.74, 6) is 1.96. The monoisotopic (exact) mass is 428 g/mol. The Morgan fingerprint density at radius 3 is 2.90 bits per heavy atom. The van der Waals surface area contributed by atoms with Crippen molar-refractivity contribution in [3.63, 3.8) is 0 Å². The summed E-state index contributed by atoms with van der Waals surface area (Å²) in [5, 5.41) is 23.6. The Morgan fingerprint density at radius 2 is 2.19 bits per heavy atom. The third-order valence-electron chi connectivity index (χ3n) is 8.76. The predicted octanol–water partition coefficient (Wildman–Crippen LogP) is 2.28. The van der Waals surface area contributed by atoms with Crippen LogP contribution in [0.1, 0.15) is 50.2 Å². The molecule has 31 heavy (non-hydrogen) atoms. The van der Waals surface area contributed by atoms with Crippen LogP contribution in [0, 0.1) is 11.8 Å². The van der Waals surface area contributed by atoms with Crippen LogP contribution in [-0.4, -0.2) is 65.5 Å². The second-order valence-electron chi connectivity index (χ2n) is 10.3. The van der Waals surface area contributed by atoms with Crippen LogP contribution < -0.4 is 14.8 Å². The van der Waals surface area contributed by atoms with Gasteiger partial charge in [-0.1, -0.05) is 0 Å². The van der Waals surface area contributed by atoms with Gasteiger partial charge < -0.3 is 19.7 Å². The minimum Gasteiger partial charge on any atom is -0.504 e. The van der Waals surface area contributed by atoms with Crippen molar-refractivity contribution < 1.29 is 24.5 Å². The first-order valence-corrected chi connectivity index (χ1v) is 11.8. The van der Waals surface area contributed by atoms with E-state index >= 15 is 0 Å². The van der Waals surface area contributed by atoms with Gasteiger partial charge in [-0.25, -0.2) is 0 Å². The van der Waals surface area contributed by atoms with Crippen LogP contribution in [0.3, 0.4) is 0 Å². The molecule has 3 fully saturated rings. The molecule has 1 aromatic rings. The molecule has 0 radical (unpaired) electrons. The molecule has 1 spiro atoms. The maximum absolute atomic E-state index is 11.5. The highest BCUT2D eigenvalue weighted by Crippen LogP contribution is 2.65. The number of likely N-dealkylation sites (tertiary alicyclic amines) is 1. The summed E-state index contributed by atoms with van der Waals surface area (Å²) < 4.78 is 12.3. The molecular weight excluding hydrogens is 396 g/mol. The van der Waals surface area contributed by atoms with Crippen molar-refractivity contribution in [1.29, 1.82) is 0 Å². The molecule has 0 unspecified atom stereocenters. The van der Waals surface area contributed by atoms with Gasteiger partial charge in [0.1, 0.15) is 17.9 Å². The molecule has 3 N–H and O–H groups in total. The number of phenolic OH excluding ortho intramolecular Hbond substituents is 1. The van der Waals surface area contributed by atoms with Gasteiger partial charge in [-0.15, -0.1) is 0 Å². The van der Waals surface area contributed by atoms with E-state index in [4.69, 9.17) is 9.47 Å². The van der Waals surface area contributed by atoms with Crippen molar-refractivity contribution in [1.82, 2.24) is 10.2 Å². The average Bonchev–Trinajstić information content (AvgIpc) is 3.49. The van der Waals surface area contributed by atoms with Gasteiger partial charge >= 0.3 is 5.97 Å². The van der Waals surface area contributed by atoms with E-state index in [-0.39, 0.29) is 23.3 Å². The van der Waals surface area contributed by atoms with Crippen molar-refractivity contribution in [3.8, 4) is 17.2 Å². The summed E-state index contributed by atoms with van der Waals surface area (Å²) in [7, 11) is 1.67. The van der Waals surface area contributed by atoms with Crippen molar-refractivity contribution in [3.05, 3.63) is 17.2 Å². The van der Waals surface area contributed by atoms with Crippen LogP contribution in [0.25, 0.3) is 0 Å². The SMILES string of the molecule is COc1cc(O)c2c3c1C[C@@H]1[C@@H]4CC[C@@H](N[C@@H](C)C(=O)O)[C@H](O2)[C@]34CCN1CC1CC1. The van der Waals surface area contributed by atoms with E-state index in [1.807, 2.05) is 0 Å². The largest absolute Gasteiger partial charge is 0.504 e. The Kier molecular flexibility index (Phi) is 4.29. The number of benzene rings is 1. The van der Waals surface area contributed by atoms with E-state index in [0.717, 1.165) is 49.5 Å². The quantitative estimate of drug-likeness (QED) is 0.640. The van der Waals surface area contributed by atoms with Gasteiger partial charge in [0.05, 0.1) is 7.11 Å². The Hall–Kier alpha value is -1.99. The maximum atomic E-state index is 11.5. The number of ether oxygens (including phenoxy) is 2. The Bertz CT molecular complexity index is 931. The van der Waals surface area contributed by atoms with E-state index in [9.17, 15) is 15.0 Å². The highest BCUT2D eigenvalue weighted by molar-refractivity contribution is 5.73. The molecule has 2 bridgehead atoms. The lowest BCUT2D eigenvalue weighted by Gasteiger charge is -2.60. The molecular formula is C24H32N2O5. The first kappa shape index (κ1) is 19.7. The van der Waals surface area contributed by atoms with Crippen LogP contribution in [0.2, 0.25) is 0 Å². The molecule has 6 atom stereocenters. The van der Waals surface area contributed by atoms with Crippen LogP contribution in [0.5, 0.6) is 17.2 Å². The standard InChI is InChI=1S/C24H32N2O5/c1-12(23(28)29)25-16-6-5-15-17-9-14-19(30-2)10-18(27)21-20(14)24(15,22(16)31-21)7-8-26(17)11-13-3-4-13/h10,12-13,15-17,22,25,27H,3-9,11H2,1-2H3,(H,28,29)/t12-,15-,16+,17+,22-,24-/m0/s1. The summed E-state index contributed by atoms with van der Waals surface area (Å²) >= 11 is 0. The van der Waals surface area contributed by atoms with Gasteiger partial charge in [-0.3, -0.25) is 15.0 Å². The number of carbonyl (C=O) groups is 1. The van der Waals surface area contributed by atoms with Crippen LogP contribution in [0.4, 0.5) is 0 Å². The molecule has 5 aliphatic rings. The Labute approximate surface area is 182 Å². The summed E-state index contributed by atoms with van der Waals surface area (Å²) in [4.78, 5) is 14.3. The molecule has 7 heteroatoms. The van der Waals surface area contributed by atoms with Crippen molar-refractivity contribution in [2.75, 3.05) is 20.2 Å². The predicted molar refractivity (Wildman–Crippen MR) is 114 cm³/mol. The highest BCUT2D eigenvalue weighted by Gasteiger charge is 2.66. The number of nitrogens with zero attached hydrogens (tertiary/aromatic N) is 1. The molecule has 1 saturated heterocycles. The molecule has 2 heterocycles. The summed E-state index contributed by atoms with van der Waals surface area (Å²) in [5.41, 5.74) is 2.15. The fraction of sp³-hybridized carbons (Fsp3) is 0.708. The number of aromatic hydroxyl groups is 1. The smallest absolute Gasteiger partial charge is 0.320 e. The van der Waals surface area contributed by atoms with E-state index < -0.39 is 12.0 Å². The van der Waals surface area contributed by atoms with Gasteiger partial charge in [-0.2, -0.15) is 0 Å². The molecule has 6 rings (SSSR count). The van der Waals surface area contributed by atoms with Crippen molar-refractivity contribution in [2.45, 2.75) is 75.1 Å². The molecule has 0 amide bonds. The number of hydrogen-bond acceptors (Lipinski definition) is 6. The van der Waals surface area contributed by atoms with Gasteiger partial charge in [0.25, 0.3) is 0 Å². The topological polar surface area (TPSA) is 91.3 Å². The molecule has 2 aliphatic heterocycles. The highest BCUT2D eigenvalue weighted by atomic mass is 16.5. The lowest BCUT2D eigenvalue weighted by Crippen LogP contribution is -2.69. The molecule has 0 aromatic heterocycles. The molecule has 168 valence electrons. The van der Waals surface area contributed by atoms with Gasteiger partial charge in [-0.05, 0) is 63.8 Å². The first-order chi connectivity index (χ1) is 14.9. The number of nitrogens with one attached hydrogen (secondary N) is 1. The second-order valence-corrected chi connectivity index (χ2v) is 10.3. The van der Waals surface area contributed by atoms with Gasteiger partial charge in [0, 0.05) is 41.2 Å². The van der Waals surface area contributed by atoms with E-state index in [2.05, 4.69) is 10.2 Å². The normalized spacial score (nSPS) is 36.5. The lowest BCUT2D eigenvalue weighted by molar-refractivity contribution is -0.140. The number of carboxylic acid groups (broad SMARTS) is 1. The average molecular weight is 429 g/mol.